The molecule has 0 aliphatic heterocycles. The van der Waals surface area contributed by atoms with E-state index in [9.17, 15) is 4.79 Å². The van der Waals surface area contributed by atoms with E-state index in [4.69, 9.17) is 14.2 Å². The van der Waals surface area contributed by atoms with E-state index in [1.165, 1.54) is 11.8 Å². The first kappa shape index (κ1) is 17.3. The van der Waals surface area contributed by atoms with Crippen LogP contribution in [0.25, 0.3) is 16.6 Å². The second-order valence-electron chi connectivity index (χ2n) is 5.11. The molecule has 2 heterocycles. The van der Waals surface area contributed by atoms with Gasteiger partial charge < -0.3 is 14.2 Å². The number of carbonyl (C=O) groups is 1. The summed E-state index contributed by atoms with van der Waals surface area (Å²) in [6.45, 7) is 3.92. The monoisotopic (exact) mass is 362 g/mol. The Labute approximate surface area is 148 Å². The van der Waals surface area contributed by atoms with Crippen LogP contribution in [0.1, 0.15) is 12.7 Å². The zero-order valence-corrected chi connectivity index (χ0v) is 15.2. The average molecular weight is 362 g/mol. The number of esters is 1. The molecule has 0 bridgehead atoms. The number of benzene rings is 1. The third-order valence-corrected chi connectivity index (χ3v) is 4.38. The van der Waals surface area contributed by atoms with Crippen molar-refractivity contribution in [2.24, 2.45) is 0 Å². The van der Waals surface area contributed by atoms with Gasteiger partial charge in [0.2, 0.25) is 0 Å². The molecule has 0 atom stereocenters. The average Bonchev–Trinajstić information content (AvgIpc) is 3.00. The molecule has 3 rings (SSSR count). The van der Waals surface area contributed by atoms with Crippen molar-refractivity contribution in [3.8, 4) is 11.5 Å². The lowest BCUT2D eigenvalue weighted by atomic mass is 10.2. The second kappa shape index (κ2) is 7.14. The number of ether oxygens (including phenoxy) is 3. The molecule has 0 unspecified atom stereocenters. The maximum absolute atomic E-state index is 11.7. The molecule has 0 radical (unpaired) electrons. The molecular formula is C16H18N4O4S. The topological polar surface area (TPSA) is 87.8 Å². The zero-order valence-electron chi connectivity index (χ0n) is 14.4. The standard InChI is InChI=1S/C16H18N4O4S/c1-5-24-14(21)8-25-16-18-11-7-13(23-4)12(22-3)6-10(11)15-17-9(2)19-20(15)16/h6-7H,5,8H2,1-4H3. The molecule has 3 aromatic rings. The smallest absolute Gasteiger partial charge is 0.316 e. The molecule has 0 amide bonds. The molecule has 0 spiro atoms. The summed E-state index contributed by atoms with van der Waals surface area (Å²) < 4.78 is 17.3. The molecule has 0 fully saturated rings. The highest BCUT2D eigenvalue weighted by molar-refractivity contribution is 7.99. The van der Waals surface area contributed by atoms with Crippen molar-refractivity contribution in [2.75, 3.05) is 26.6 Å². The third-order valence-electron chi connectivity index (χ3n) is 3.48. The predicted octanol–water partition coefficient (Wildman–Crippen LogP) is 2.26. The highest BCUT2D eigenvalue weighted by Gasteiger charge is 2.17. The summed E-state index contributed by atoms with van der Waals surface area (Å²) in [6.07, 6.45) is 0. The van der Waals surface area contributed by atoms with Crippen LogP contribution in [-0.2, 0) is 9.53 Å². The van der Waals surface area contributed by atoms with Crippen molar-refractivity contribution in [1.82, 2.24) is 19.6 Å². The van der Waals surface area contributed by atoms with Crippen LogP contribution in [0.5, 0.6) is 11.5 Å². The van der Waals surface area contributed by atoms with Crippen LogP contribution in [-0.4, -0.2) is 52.1 Å². The zero-order chi connectivity index (χ0) is 18.0. The number of methoxy groups -OCH3 is 2. The number of thioether (sulfide) groups is 1. The number of hydrogen-bond acceptors (Lipinski definition) is 8. The third kappa shape index (κ3) is 3.32. The van der Waals surface area contributed by atoms with Gasteiger partial charge in [-0.25, -0.2) is 9.97 Å². The van der Waals surface area contributed by atoms with E-state index in [1.54, 1.807) is 38.6 Å². The highest BCUT2D eigenvalue weighted by atomic mass is 32.2. The summed E-state index contributed by atoms with van der Waals surface area (Å²) in [5.41, 5.74) is 1.33. The molecule has 0 N–H and O–H groups in total. The number of carbonyl (C=O) groups excluding carboxylic acids is 1. The molecule has 1 aromatic carbocycles. The molecular weight excluding hydrogens is 344 g/mol. The predicted molar refractivity (Wildman–Crippen MR) is 93.5 cm³/mol. The molecule has 0 saturated heterocycles. The van der Waals surface area contributed by atoms with Gasteiger partial charge in [-0.05, 0) is 19.9 Å². The Kier molecular flexibility index (Phi) is 4.93. The van der Waals surface area contributed by atoms with E-state index in [0.717, 1.165) is 5.39 Å². The van der Waals surface area contributed by atoms with E-state index in [0.29, 0.717) is 40.3 Å². The summed E-state index contributed by atoms with van der Waals surface area (Å²) in [4.78, 5) is 20.7. The van der Waals surface area contributed by atoms with Crippen molar-refractivity contribution in [2.45, 2.75) is 19.0 Å². The van der Waals surface area contributed by atoms with Gasteiger partial charge >= 0.3 is 5.97 Å². The van der Waals surface area contributed by atoms with Gasteiger partial charge in [-0.1, -0.05) is 11.8 Å². The molecule has 9 heteroatoms. The minimum absolute atomic E-state index is 0.146. The van der Waals surface area contributed by atoms with Gasteiger partial charge in [-0.3, -0.25) is 4.79 Å². The van der Waals surface area contributed by atoms with Crippen LogP contribution < -0.4 is 9.47 Å². The Bertz CT molecular complexity index is 941. The maximum Gasteiger partial charge on any atom is 0.316 e. The van der Waals surface area contributed by atoms with Crippen molar-refractivity contribution >= 4 is 34.3 Å². The van der Waals surface area contributed by atoms with Crippen LogP contribution >= 0.6 is 11.8 Å². The SMILES string of the molecule is CCOC(=O)CSc1nc2cc(OC)c(OC)cc2c2nc(C)nn12. The first-order valence-corrected chi connectivity index (χ1v) is 8.63. The lowest BCUT2D eigenvalue weighted by Crippen LogP contribution is -2.08. The highest BCUT2D eigenvalue weighted by Crippen LogP contribution is 2.34. The fourth-order valence-corrected chi connectivity index (χ4v) is 3.18. The van der Waals surface area contributed by atoms with Crippen LogP contribution in [0, 0.1) is 6.92 Å². The first-order chi connectivity index (χ1) is 12.1. The van der Waals surface area contributed by atoms with Gasteiger partial charge in [-0.15, -0.1) is 5.10 Å². The number of nitrogens with zero attached hydrogens (tertiary/aromatic N) is 4. The Hall–Kier alpha value is -2.55. The van der Waals surface area contributed by atoms with Gasteiger partial charge in [0.15, 0.2) is 22.3 Å². The fourth-order valence-electron chi connectivity index (χ4n) is 2.43. The van der Waals surface area contributed by atoms with Crippen molar-refractivity contribution < 1.29 is 19.0 Å². The minimum atomic E-state index is -0.299. The van der Waals surface area contributed by atoms with E-state index in [2.05, 4.69) is 15.1 Å². The molecule has 25 heavy (non-hydrogen) atoms. The summed E-state index contributed by atoms with van der Waals surface area (Å²) in [5, 5.41) is 5.73. The lowest BCUT2D eigenvalue weighted by Gasteiger charge is -2.10. The summed E-state index contributed by atoms with van der Waals surface area (Å²) >= 11 is 1.25. The number of aromatic nitrogens is 4. The Morgan fingerprint density at radius 1 is 1.20 bits per heavy atom. The fraction of sp³-hybridized carbons (Fsp3) is 0.375. The van der Waals surface area contributed by atoms with Gasteiger partial charge in [-0.2, -0.15) is 4.52 Å². The Balaban J connectivity index is 2.14. The van der Waals surface area contributed by atoms with E-state index in [-0.39, 0.29) is 11.7 Å². The summed E-state index contributed by atoms with van der Waals surface area (Å²) in [5.74, 6) is 1.62. The molecule has 0 aliphatic carbocycles. The Morgan fingerprint density at radius 3 is 2.60 bits per heavy atom. The van der Waals surface area contributed by atoms with Crippen molar-refractivity contribution in [3.05, 3.63) is 18.0 Å². The van der Waals surface area contributed by atoms with Gasteiger partial charge in [0, 0.05) is 11.5 Å². The summed E-state index contributed by atoms with van der Waals surface area (Å²) in [7, 11) is 3.15. The van der Waals surface area contributed by atoms with Gasteiger partial charge in [0.25, 0.3) is 0 Å². The molecule has 0 saturated carbocycles. The normalized spacial score (nSPS) is 11.0. The van der Waals surface area contributed by atoms with Crippen molar-refractivity contribution in [3.63, 3.8) is 0 Å². The summed E-state index contributed by atoms with van der Waals surface area (Å²) in [6, 6.07) is 3.61. The molecule has 0 aliphatic rings. The maximum atomic E-state index is 11.7. The largest absolute Gasteiger partial charge is 0.493 e. The van der Waals surface area contributed by atoms with E-state index in [1.807, 2.05) is 6.07 Å². The number of aryl methyl sites for hydroxylation is 1. The molecule has 132 valence electrons. The molecule has 8 nitrogen and oxygen atoms in total. The van der Waals surface area contributed by atoms with Crippen LogP contribution in [0.2, 0.25) is 0 Å². The van der Waals surface area contributed by atoms with Crippen LogP contribution in [0.4, 0.5) is 0 Å². The van der Waals surface area contributed by atoms with Crippen molar-refractivity contribution in [1.29, 1.82) is 0 Å². The van der Waals surface area contributed by atoms with E-state index < -0.39 is 0 Å². The lowest BCUT2D eigenvalue weighted by molar-refractivity contribution is -0.139. The number of fused-ring (bicyclic) bond motifs is 3. The molecule has 2 aromatic heterocycles. The number of rotatable bonds is 6. The first-order valence-electron chi connectivity index (χ1n) is 7.65. The number of hydrogen-bond donors (Lipinski definition) is 0. The van der Waals surface area contributed by atoms with Gasteiger partial charge in [0.1, 0.15) is 5.82 Å². The van der Waals surface area contributed by atoms with E-state index >= 15 is 0 Å². The minimum Gasteiger partial charge on any atom is -0.493 e. The van der Waals surface area contributed by atoms with Crippen LogP contribution in [0.3, 0.4) is 0 Å². The quantitative estimate of drug-likeness (QED) is 0.375. The van der Waals surface area contributed by atoms with Gasteiger partial charge in [0.05, 0.1) is 32.1 Å². The Morgan fingerprint density at radius 2 is 1.92 bits per heavy atom. The van der Waals surface area contributed by atoms with Crippen LogP contribution in [0.15, 0.2) is 17.3 Å². The second-order valence-corrected chi connectivity index (χ2v) is 6.05.